The van der Waals surface area contributed by atoms with Crippen molar-refractivity contribution >= 4 is 17.6 Å². The Kier molecular flexibility index (Phi) is 6.78. The van der Waals surface area contributed by atoms with E-state index >= 15 is 0 Å². The number of aromatic nitrogens is 2. The Balaban J connectivity index is 1.92. The summed E-state index contributed by atoms with van der Waals surface area (Å²) in [7, 11) is 0. The Morgan fingerprint density at radius 3 is 2.66 bits per heavy atom. The highest BCUT2D eigenvalue weighted by Crippen LogP contribution is 2.29. The van der Waals surface area contributed by atoms with Gasteiger partial charge in [0.15, 0.2) is 0 Å². The molecule has 8 heteroatoms. The van der Waals surface area contributed by atoms with Crippen molar-refractivity contribution in [1.82, 2.24) is 15.0 Å². The highest BCUT2D eigenvalue weighted by Gasteiger charge is 2.21. The molecule has 0 spiro atoms. The second kappa shape index (κ2) is 9.68. The molecule has 0 saturated carbocycles. The lowest BCUT2D eigenvalue weighted by Crippen LogP contribution is -2.21. The zero-order valence-electron chi connectivity index (χ0n) is 16.0. The fraction of sp³-hybridized carbons (Fsp3) is 0.238. The molecule has 0 unspecified atom stereocenters. The standard InChI is InChI=1S/C21H21F2N5O/c1-3-4-5-10-26-28-15(2)27-18(13-19(28)16-8-11-24-12-9-16)17-6-7-20(25-14-17)29-21(22)23/h6-14,21H,2-5H2,1H3/b26-10-. The van der Waals surface area contributed by atoms with Gasteiger partial charge < -0.3 is 4.74 Å². The maximum absolute atomic E-state index is 12.3. The van der Waals surface area contributed by atoms with Crippen molar-refractivity contribution in [1.29, 1.82) is 0 Å². The molecule has 0 saturated heterocycles. The SMILES string of the molecule is C=C1N=C(c2ccc(OC(F)F)nc2)C=C(c2ccncc2)N1/N=C\CCCC. The molecule has 0 aliphatic carbocycles. The summed E-state index contributed by atoms with van der Waals surface area (Å²) in [6.07, 6.45) is 11.5. The lowest BCUT2D eigenvalue weighted by Gasteiger charge is -2.26. The van der Waals surface area contributed by atoms with Crippen LogP contribution in [0.5, 0.6) is 5.88 Å². The van der Waals surface area contributed by atoms with Crippen LogP contribution in [0.15, 0.2) is 71.4 Å². The third-order valence-corrected chi connectivity index (χ3v) is 4.10. The van der Waals surface area contributed by atoms with Gasteiger partial charge in [0.05, 0.1) is 11.4 Å². The third-order valence-electron chi connectivity index (χ3n) is 4.10. The van der Waals surface area contributed by atoms with E-state index < -0.39 is 6.61 Å². The fourth-order valence-electron chi connectivity index (χ4n) is 2.68. The number of pyridine rings is 2. The van der Waals surface area contributed by atoms with Crippen molar-refractivity contribution in [3.63, 3.8) is 0 Å². The van der Waals surface area contributed by atoms with Gasteiger partial charge in [-0.25, -0.2) is 15.0 Å². The maximum atomic E-state index is 12.3. The number of hydrogen-bond acceptors (Lipinski definition) is 6. The molecular weight excluding hydrogens is 376 g/mol. The van der Waals surface area contributed by atoms with E-state index in [9.17, 15) is 8.78 Å². The molecule has 1 aliphatic rings. The number of alkyl halides is 2. The zero-order chi connectivity index (χ0) is 20.6. The van der Waals surface area contributed by atoms with E-state index in [2.05, 4.69) is 38.3 Å². The summed E-state index contributed by atoms with van der Waals surface area (Å²) in [6, 6.07) is 6.74. The molecule has 0 atom stereocenters. The first-order valence-electron chi connectivity index (χ1n) is 9.22. The summed E-state index contributed by atoms with van der Waals surface area (Å²) < 4.78 is 29.0. The van der Waals surface area contributed by atoms with Crippen LogP contribution in [0.1, 0.15) is 37.3 Å². The quantitative estimate of drug-likeness (QED) is 0.471. The number of halogens is 2. The Morgan fingerprint density at radius 1 is 1.21 bits per heavy atom. The molecule has 1 aliphatic heterocycles. The van der Waals surface area contributed by atoms with Gasteiger partial charge in [-0.1, -0.05) is 19.9 Å². The van der Waals surface area contributed by atoms with Crippen molar-refractivity contribution in [3.8, 4) is 5.88 Å². The van der Waals surface area contributed by atoms with Gasteiger partial charge in [-0.3, -0.25) is 4.98 Å². The number of unbranched alkanes of at least 4 members (excludes halogenated alkanes) is 2. The highest BCUT2D eigenvalue weighted by atomic mass is 19.3. The molecule has 2 aromatic rings. The van der Waals surface area contributed by atoms with Gasteiger partial charge in [0, 0.05) is 42.0 Å². The van der Waals surface area contributed by atoms with Crippen LogP contribution in [0.3, 0.4) is 0 Å². The Hall–Kier alpha value is -3.42. The van der Waals surface area contributed by atoms with Crippen LogP contribution in [0.2, 0.25) is 0 Å². The molecule has 3 heterocycles. The van der Waals surface area contributed by atoms with Crippen LogP contribution in [0.25, 0.3) is 5.70 Å². The second-order valence-electron chi connectivity index (χ2n) is 6.19. The lowest BCUT2D eigenvalue weighted by molar-refractivity contribution is -0.0528. The van der Waals surface area contributed by atoms with E-state index in [0.29, 0.717) is 17.1 Å². The fourth-order valence-corrected chi connectivity index (χ4v) is 2.68. The number of aliphatic imine (C=N–C) groups is 1. The maximum Gasteiger partial charge on any atom is 0.388 e. The lowest BCUT2D eigenvalue weighted by atomic mass is 10.1. The molecule has 2 aromatic heterocycles. The molecule has 0 amide bonds. The average Bonchev–Trinajstić information content (AvgIpc) is 2.72. The predicted molar refractivity (Wildman–Crippen MR) is 109 cm³/mol. The first-order chi connectivity index (χ1) is 14.1. The Morgan fingerprint density at radius 2 is 2.00 bits per heavy atom. The second-order valence-corrected chi connectivity index (χ2v) is 6.19. The smallest absolute Gasteiger partial charge is 0.388 e. The number of hydrazone groups is 1. The summed E-state index contributed by atoms with van der Waals surface area (Å²) >= 11 is 0. The van der Waals surface area contributed by atoms with Crippen molar-refractivity contribution in [3.05, 3.63) is 72.5 Å². The van der Waals surface area contributed by atoms with Crippen molar-refractivity contribution in [2.45, 2.75) is 32.8 Å². The summed E-state index contributed by atoms with van der Waals surface area (Å²) in [5.41, 5.74) is 2.92. The van der Waals surface area contributed by atoms with Crippen LogP contribution in [0, 0.1) is 0 Å². The third kappa shape index (κ3) is 5.31. The van der Waals surface area contributed by atoms with Crippen molar-refractivity contribution in [2.24, 2.45) is 10.1 Å². The van der Waals surface area contributed by atoms with Crippen LogP contribution in [-0.2, 0) is 0 Å². The van der Waals surface area contributed by atoms with Gasteiger partial charge in [0.2, 0.25) is 5.88 Å². The molecule has 0 aromatic carbocycles. The first kappa shape index (κ1) is 20.3. The molecule has 0 N–H and O–H groups in total. The van der Waals surface area contributed by atoms with E-state index in [1.165, 1.54) is 12.3 Å². The predicted octanol–water partition coefficient (Wildman–Crippen LogP) is 4.87. The van der Waals surface area contributed by atoms with Crippen molar-refractivity contribution in [2.75, 3.05) is 0 Å². The Labute approximate surface area is 168 Å². The van der Waals surface area contributed by atoms with Crippen molar-refractivity contribution < 1.29 is 13.5 Å². The zero-order valence-corrected chi connectivity index (χ0v) is 16.0. The Bertz CT molecular complexity index is 924. The summed E-state index contributed by atoms with van der Waals surface area (Å²) in [4.78, 5) is 12.5. The molecule has 3 rings (SSSR count). The number of hydrogen-bond donors (Lipinski definition) is 0. The minimum atomic E-state index is -2.92. The number of allylic oxidation sites excluding steroid dienone is 1. The molecule has 0 fully saturated rings. The summed E-state index contributed by atoms with van der Waals surface area (Å²) in [5, 5.41) is 6.21. The van der Waals surface area contributed by atoms with Gasteiger partial charge in [-0.05, 0) is 37.1 Å². The minimum absolute atomic E-state index is 0.153. The van der Waals surface area contributed by atoms with E-state index in [-0.39, 0.29) is 5.88 Å². The van der Waals surface area contributed by atoms with E-state index in [1.807, 2.05) is 24.4 Å². The molecule has 0 radical (unpaired) electrons. The van der Waals surface area contributed by atoms with Gasteiger partial charge in [0.1, 0.15) is 5.82 Å². The van der Waals surface area contributed by atoms with Gasteiger partial charge >= 0.3 is 6.61 Å². The van der Waals surface area contributed by atoms with E-state index in [4.69, 9.17) is 0 Å². The summed E-state index contributed by atoms with van der Waals surface area (Å²) in [5.74, 6) is 0.287. The molecule has 29 heavy (non-hydrogen) atoms. The van der Waals surface area contributed by atoms with E-state index in [1.54, 1.807) is 23.5 Å². The van der Waals surface area contributed by atoms with Gasteiger partial charge in [-0.15, -0.1) is 0 Å². The summed E-state index contributed by atoms with van der Waals surface area (Å²) in [6.45, 7) is 3.23. The van der Waals surface area contributed by atoms with Crippen LogP contribution < -0.4 is 4.74 Å². The van der Waals surface area contributed by atoms with Crippen LogP contribution in [0.4, 0.5) is 8.78 Å². The average molecular weight is 397 g/mol. The number of nitrogens with zero attached hydrogens (tertiary/aromatic N) is 5. The number of ether oxygens (including phenoxy) is 1. The van der Waals surface area contributed by atoms with E-state index in [0.717, 1.165) is 30.5 Å². The topological polar surface area (TPSA) is 63.0 Å². The van der Waals surface area contributed by atoms with Crippen LogP contribution >= 0.6 is 0 Å². The normalized spacial score (nSPS) is 14.3. The molecule has 150 valence electrons. The molecule has 6 nitrogen and oxygen atoms in total. The largest absolute Gasteiger partial charge is 0.417 e. The highest BCUT2D eigenvalue weighted by molar-refractivity contribution is 6.13. The minimum Gasteiger partial charge on any atom is -0.417 e. The molecule has 0 bridgehead atoms. The monoisotopic (exact) mass is 397 g/mol. The van der Waals surface area contributed by atoms with Gasteiger partial charge in [-0.2, -0.15) is 13.9 Å². The van der Waals surface area contributed by atoms with Gasteiger partial charge in [0.25, 0.3) is 0 Å². The first-order valence-corrected chi connectivity index (χ1v) is 9.22. The molecular formula is C21H21F2N5O. The number of rotatable bonds is 8. The van der Waals surface area contributed by atoms with Crippen LogP contribution in [-0.4, -0.2) is 33.5 Å².